The average Bonchev–Trinajstić information content (AvgIpc) is 2.97. The molecule has 3 fully saturated rings. The SMILES string of the molecule is COC1CCN(C(O)=CC(C)=O)CC1.COC1CCN(C(O)=CC(C)=O)CC1.COC1CCN(C(O)=CC(C)=O)CC1.[Fe]. The summed E-state index contributed by atoms with van der Waals surface area (Å²) < 4.78 is 15.6. The van der Waals surface area contributed by atoms with Crippen molar-refractivity contribution < 1.29 is 61.0 Å². The number of nitrogens with zero attached hydrogens (tertiary/aromatic N) is 3. The molecule has 0 radical (unpaired) electrons. The molecule has 248 valence electrons. The van der Waals surface area contributed by atoms with Crippen molar-refractivity contribution in [1.82, 2.24) is 14.7 Å². The summed E-state index contributed by atoms with van der Waals surface area (Å²) in [5.41, 5.74) is 0. The fourth-order valence-electron chi connectivity index (χ4n) is 4.78. The number of methoxy groups -OCH3 is 3. The number of likely N-dealkylation sites (tertiary alicyclic amines) is 3. The van der Waals surface area contributed by atoms with Gasteiger partial charge in [0.05, 0.1) is 18.3 Å². The van der Waals surface area contributed by atoms with Crippen LogP contribution in [-0.4, -0.2) is 126 Å². The van der Waals surface area contributed by atoms with E-state index in [4.69, 9.17) is 14.2 Å². The second-order valence-electron chi connectivity index (χ2n) is 10.6. The number of ether oxygens (including phenoxy) is 3. The average molecular weight is 654 g/mol. The first kappa shape index (κ1) is 40.4. The van der Waals surface area contributed by atoms with Gasteiger partial charge in [-0.05, 0) is 59.3 Å². The van der Waals surface area contributed by atoms with Gasteiger partial charge in [-0.2, -0.15) is 0 Å². The molecule has 0 amide bonds. The predicted octanol–water partition coefficient (Wildman–Crippen LogP) is 3.25. The molecular weight excluding hydrogens is 602 g/mol. The molecule has 3 N–H and O–H groups in total. The molecule has 3 aliphatic rings. The van der Waals surface area contributed by atoms with Crippen molar-refractivity contribution in [2.75, 3.05) is 60.6 Å². The first-order valence-electron chi connectivity index (χ1n) is 14.5. The standard InChI is InChI=1S/3C10H17NO3.Fe/c3*1-8(12)7-10(13)11-5-3-9(14-2)4-6-11;/h3*7,9,13H,3-6H2,1-2H3;. The van der Waals surface area contributed by atoms with Gasteiger partial charge in [-0.15, -0.1) is 0 Å². The van der Waals surface area contributed by atoms with Crippen LogP contribution in [0.2, 0.25) is 0 Å². The van der Waals surface area contributed by atoms with Crippen LogP contribution in [0.15, 0.2) is 35.9 Å². The zero-order chi connectivity index (χ0) is 31.7. The second kappa shape index (κ2) is 22.0. The topological polar surface area (TPSA) is 149 Å². The number of hydrogen-bond acceptors (Lipinski definition) is 12. The Balaban J connectivity index is 0.000000608. The van der Waals surface area contributed by atoms with Crippen molar-refractivity contribution in [1.29, 1.82) is 0 Å². The molecule has 0 bridgehead atoms. The number of rotatable bonds is 9. The number of aliphatic hydroxyl groups is 3. The van der Waals surface area contributed by atoms with Crippen LogP contribution < -0.4 is 0 Å². The fraction of sp³-hybridized carbons (Fsp3) is 0.700. The van der Waals surface area contributed by atoms with Crippen molar-refractivity contribution in [3.05, 3.63) is 35.9 Å². The van der Waals surface area contributed by atoms with Gasteiger partial charge in [-0.1, -0.05) is 0 Å². The molecule has 0 aromatic carbocycles. The molecule has 0 spiro atoms. The largest absolute Gasteiger partial charge is 0.495 e. The molecule has 0 aliphatic carbocycles. The van der Waals surface area contributed by atoms with Crippen molar-refractivity contribution in [3.8, 4) is 0 Å². The molecule has 13 heteroatoms. The summed E-state index contributed by atoms with van der Waals surface area (Å²) in [6.45, 7) is 8.75. The van der Waals surface area contributed by atoms with Crippen LogP contribution in [0.1, 0.15) is 59.3 Å². The Morgan fingerprint density at radius 3 is 0.837 bits per heavy atom. The van der Waals surface area contributed by atoms with E-state index >= 15 is 0 Å². The van der Waals surface area contributed by atoms with Crippen molar-refractivity contribution in [2.45, 2.75) is 77.6 Å². The molecule has 43 heavy (non-hydrogen) atoms. The smallest absolute Gasteiger partial charge is 0.190 e. The van der Waals surface area contributed by atoms with Gasteiger partial charge in [0.25, 0.3) is 0 Å². The number of aliphatic hydroxyl groups excluding tert-OH is 3. The van der Waals surface area contributed by atoms with Crippen LogP contribution in [0.5, 0.6) is 0 Å². The normalized spacial score (nSPS) is 19.4. The van der Waals surface area contributed by atoms with Crippen LogP contribution in [0.3, 0.4) is 0 Å². The quantitative estimate of drug-likeness (QED) is 0.191. The monoisotopic (exact) mass is 653 g/mol. The van der Waals surface area contributed by atoms with Crippen LogP contribution in [0, 0.1) is 0 Å². The zero-order valence-corrected chi connectivity index (χ0v) is 27.5. The number of ketones is 3. The van der Waals surface area contributed by atoms with Gasteiger partial charge in [-0.25, -0.2) is 0 Å². The Morgan fingerprint density at radius 2 is 0.698 bits per heavy atom. The summed E-state index contributed by atoms with van der Waals surface area (Å²) in [5, 5.41) is 28.6. The number of allylic oxidation sites excluding steroid dienone is 3. The Morgan fingerprint density at radius 1 is 0.512 bits per heavy atom. The van der Waals surface area contributed by atoms with Crippen LogP contribution in [0.25, 0.3) is 0 Å². The summed E-state index contributed by atoms with van der Waals surface area (Å²) in [6.07, 6.45) is 10.0. The minimum absolute atomic E-state index is 0. The molecule has 0 saturated carbocycles. The van der Waals surface area contributed by atoms with Crippen molar-refractivity contribution in [2.24, 2.45) is 0 Å². The Labute approximate surface area is 266 Å². The number of carbonyl (C=O) groups is 3. The van der Waals surface area contributed by atoms with E-state index < -0.39 is 0 Å². The zero-order valence-electron chi connectivity index (χ0n) is 26.4. The minimum Gasteiger partial charge on any atom is -0.495 e. The van der Waals surface area contributed by atoms with Gasteiger partial charge >= 0.3 is 0 Å². The number of carbonyl (C=O) groups excluding carboxylic acids is 3. The minimum atomic E-state index is -0.128. The van der Waals surface area contributed by atoms with Gasteiger partial charge < -0.3 is 44.2 Å². The van der Waals surface area contributed by atoms with E-state index in [9.17, 15) is 29.7 Å². The van der Waals surface area contributed by atoms with E-state index in [0.29, 0.717) is 0 Å². The first-order chi connectivity index (χ1) is 19.9. The molecule has 3 heterocycles. The third-order valence-electron chi connectivity index (χ3n) is 7.30. The Bertz CT molecular complexity index is 814. The molecule has 0 unspecified atom stereocenters. The van der Waals surface area contributed by atoms with Gasteiger partial charge in [0.15, 0.2) is 35.0 Å². The maximum atomic E-state index is 10.7. The summed E-state index contributed by atoms with van der Waals surface area (Å²) >= 11 is 0. The van der Waals surface area contributed by atoms with Crippen molar-refractivity contribution in [3.63, 3.8) is 0 Å². The fourth-order valence-corrected chi connectivity index (χ4v) is 4.78. The van der Waals surface area contributed by atoms with Gasteiger partial charge in [-0.3, -0.25) is 14.4 Å². The van der Waals surface area contributed by atoms with E-state index in [1.807, 2.05) is 0 Å². The van der Waals surface area contributed by atoms with E-state index in [2.05, 4.69) is 0 Å². The van der Waals surface area contributed by atoms with Gasteiger partial charge in [0.2, 0.25) is 0 Å². The molecule has 0 aromatic heterocycles. The van der Waals surface area contributed by atoms with Crippen LogP contribution in [0.4, 0.5) is 0 Å². The van der Waals surface area contributed by atoms with E-state index in [1.165, 1.54) is 39.0 Å². The third kappa shape index (κ3) is 16.7. The third-order valence-corrected chi connectivity index (χ3v) is 7.30. The first-order valence-corrected chi connectivity index (χ1v) is 14.5. The maximum Gasteiger partial charge on any atom is 0.190 e. The molecule has 3 saturated heterocycles. The van der Waals surface area contributed by atoms with Gasteiger partial charge in [0, 0.05) is 95.9 Å². The van der Waals surface area contributed by atoms with Crippen LogP contribution >= 0.6 is 0 Å². The summed E-state index contributed by atoms with van der Waals surface area (Å²) in [5.74, 6) is -0.157. The predicted molar refractivity (Wildman–Crippen MR) is 159 cm³/mol. The number of hydrogen-bond donors (Lipinski definition) is 3. The molecule has 12 nitrogen and oxygen atoms in total. The molecule has 3 rings (SSSR count). The molecule has 0 atom stereocenters. The summed E-state index contributed by atoms with van der Waals surface area (Å²) in [7, 11) is 5.10. The van der Waals surface area contributed by atoms with Crippen LogP contribution in [-0.2, 0) is 45.7 Å². The molecule has 3 aliphatic heterocycles. The maximum absolute atomic E-state index is 10.7. The second-order valence-corrected chi connectivity index (χ2v) is 10.6. The Kier molecular flexibility index (Phi) is 20.7. The molecule has 0 aromatic rings. The van der Waals surface area contributed by atoms with E-state index in [0.717, 1.165) is 77.8 Å². The van der Waals surface area contributed by atoms with E-state index in [-0.39, 0.29) is 70.4 Å². The number of piperidine rings is 3. The van der Waals surface area contributed by atoms with Gasteiger partial charge in [0.1, 0.15) is 0 Å². The van der Waals surface area contributed by atoms with Crippen molar-refractivity contribution >= 4 is 17.3 Å². The Hall–Kier alpha value is -2.57. The van der Waals surface area contributed by atoms with E-state index in [1.54, 1.807) is 36.0 Å². The summed E-state index contributed by atoms with van der Waals surface area (Å²) in [6, 6.07) is 0. The molecular formula is C30H51FeN3O9. The summed E-state index contributed by atoms with van der Waals surface area (Å²) in [4.78, 5) is 37.6.